The second-order valence-corrected chi connectivity index (χ2v) is 5.00. The summed E-state index contributed by atoms with van der Waals surface area (Å²) in [7, 11) is 0. The Morgan fingerprint density at radius 2 is 2.06 bits per heavy atom. The molecular formula is C15H18N2O. The maximum Gasteiger partial charge on any atom is 0.259 e. The summed E-state index contributed by atoms with van der Waals surface area (Å²) >= 11 is 0. The Kier molecular flexibility index (Phi) is 3.60. The average Bonchev–Trinajstić information content (AvgIpc) is 2.33. The normalized spacial score (nSPS) is 10.9. The van der Waals surface area contributed by atoms with Crippen LogP contribution in [0.2, 0.25) is 0 Å². The quantitative estimate of drug-likeness (QED) is 0.829. The van der Waals surface area contributed by atoms with E-state index in [2.05, 4.69) is 18.8 Å². The lowest BCUT2D eigenvalue weighted by Crippen LogP contribution is -2.23. The number of pyridine rings is 2. The number of nitrogens with zero attached hydrogens (tertiary/aromatic N) is 2. The summed E-state index contributed by atoms with van der Waals surface area (Å²) in [5.41, 5.74) is 1.96. The largest absolute Gasteiger partial charge is 0.269 e. The van der Waals surface area contributed by atoms with E-state index in [0.29, 0.717) is 11.7 Å². The lowest BCUT2D eigenvalue weighted by molar-refractivity contribution is 0.639. The van der Waals surface area contributed by atoms with Crippen molar-refractivity contribution < 1.29 is 0 Å². The first kappa shape index (κ1) is 12.6. The third-order valence-electron chi connectivity index (χ3n) is 2.80. The molecule has 0 amide bonds. The van der Waals surface area contributed by atoms with Crippen LogP contribution in [-0.4, -0.2) is 9.55 Å². The highest BCUT2D eigenvalue weighted by atomic mass is 16.1. The van der Waals surface area contributed by atoms with Gasteiger partial charge < -0.3 is 0 Å². The summed E-state index contributed by atoms with van der Waals surface area (Å²) in [5.74, 6) is 1.15. The highest BCUT2D eigenvalue weighted by molar-refractivity contribution is 5.27. The van der Waals surface area contributed by atoms with Gasteiger partial charge in [0.1, 0.15) is 5.82 Å². The van der Waals surface area contributed by atoms with Gasteiger partial charge in [-0.15, -0.1) is 0 Å². The van der Waals surface area contributed by atoms with Gasteiger partial charge in [-0.1, -0.05) is 26.0 Å². The van der Waals surface area contributed by atoms with Crippen LogP contribution in [0.15, 0.2) is 41.5 Å². The molecule has 0 radical (unpaired) electrons. The second-order valence-electron chi connectivity index (χ2n) is 5.00. The lowest BCUT2D eigenvalue weighted by atomic mass is 10.0. The van der Waals surface area contributed by atoms with Gasteiger partial charge in [-0.2, -0.15) is 0 Å². The van der Waals surface area contributed by atoms with E-state index in [0.717, 1.165) is 17.5 Å². The molecule has 0 aromatic carbocycles. The van der Waals surface area contributed by atoms with Crippen LogP contribution in [0.1, 0.15) is 25.0 Å². The van der Waals surface area contributed by atoms with E-state index in [1.165, 1.54) is 0 Å². The molecule has 0 bridgehead atoms. The molecule has 18 heavy (non-hydrogen) atoms. The number of rotatable bonds is 3. The number of aromatic nitrogens is 2. The Morgan fingerprint density at radius 1 is 1.28 bits per heavy atom. The van der Waals surface area contributed by atoms with E-state index in [1.54, 1.807) is 17.0 Å². The average molecular weight is 242 g/mol. The molecule has 2 aromatic rings. The van der Waals surface area contributed by atoms with Crippen molar-refractivity contribution in [2.24, 2.45) is 5.92 Å². The first-order valence-electron chi connectivity index (χ1n) is 6.21. The van der Waals surface area contributed by atoms with Crippen molar-refractivity contribution in [2.45, 2.75) is 27.2 Å². The molecule has 0 aliphatic carbocycles. The van der Waals surface area contributed by atoms with Crippen LogP contribution < -0.4 is 5.56 Å². The number of hydrogen-bond acceptors (Lipinski definition) is 2. The Labute approximate surface area is 107 Å². The Bertz CT molecular complexity index is 582. The third kappa shape index (κ3) is 2.67. The predicted molar refractivity (Wildman–Crippen MR) is 73.1 cm³/mol. The molecule has 0 aliphatic heterocycles. The summed E-state index contributed by atoms with van der Waals surface area (Å²) in [6.07, 6.45) is 4.34. The molecule has 2 heterocycles. The first-order valence-corrected chi connectivity index (χ1v) is 6.21. The molecular weight excluding hydrogens is 224 g/mol. The summed E-state index contributed by atoms with van der Waals surface area (Å²) in [5, 5.41) is 0. The molecule has 0 N–H and O–H groups in total. The van der Waals surface area contributed by atoms with Crippen LogP contribution in [0.25, 0.3) is 5.82 Å². The van der Waals surface area contributed by atoms with Gasteiger partial charge in [0, 0.05) is 18.0 Å². The zero-order valence-electron chi connectivity index (χ0n) is 11.1. The lowest BCUT2D eigenvalue weighted by Gasteiger charge is -2.09. The van der Waals surface area contributed by atoms with E-state index < -0.39 is 0 Å². The smallest absolute Gasteiger partial charge is 0.259 e. The van der Waals surface area contributed by atoms with Crippen molar-refractivity contribution in [3.05, 3.63) is 58.1 Å². The molecule has 2 rings (SSSR count). The fraction of sp³-hybridized carbons (Fsp3) is 0.333. The molecule has 94 valence electrons. The molecule has 0 aliphatic rings. The zero-order chi connectivity index (χ0) is 13.1. The first-order chi connectivity index (χ1) is 8.58. The Balaban J connectivity index is 2.46. The molecule has 0 saturated heterocycles. The van der Waals surface area contributed by atoms with Gasteiger partial charge in [0.15, 0.2) is 0 Å². The van der Waals surface area contributed by atoms with Gasteiger partial charge in [-0.25, -0.2) is 4.98 Å². The van der Waals surface area contributed by atoms with E-state index in [9.17, 15) is 4.79 Å². The topological polar surface area (TPSA) is 34.9 Å². The van der Waals surface area contributed by atoms with Gasteiger partial charge in [0.05, 0.1) is 0 Å². The van der Waals surface area contributed by atoms with Crippen LogP contribution in [0.4, 0.5) is 0 Å². The van der Waals surface area contributed by atoms with E-state index in [1.807, 2.05) is 31.2 Å². The van der Waals surface area contributed by atoms with Gasteiger partial charge in [0.2, 0.25) is 0 Å². The van der Waals surface area contributed by atoms with Crippen molar-refractivity contribution in [3.8, 4) is 5.82 Å². The minimum atomic E-state index is 0.0301. The molecule has 0 saturated carbocycles. The van der Waals surface area contributed by atoms with Gasteiger partial charge in [-0.3, -0.25) is 9.36 Å². The number of aryl methyl sites for hydroxylation is 1. The number of hydrogen-bond donors (Lipinski definition) is 0. The SMILES string of the molecule is Cc1ccc(-n2cccc(CC(C)C)c2=O)nc1. The summed E-state index contributed by atoms with van der Waals surface area (Å²) in [4.78, 5) is 16.6. The predicted octanol–water partition coefficient (Wildman–Crippen LogP) is 2.74. The molecule has 0 unspecified atom stereocenters. The fourth-order valence-electron chi connectivity index (χ4n) is 1.92. The Morgan fingerprint density at radius 3 is 2.67 bits per heavy atom. The maximum atomic E-state index is 12.3. The minimum Gasteiger partial charge on any atom is -0.269 e. The summed E-state index contributed by atoms with van der Waals surface area (Å²) < 4.78 is 1.61. The molecule has 3 heteroatoms. The second kappa shape index (κ2) is 5.17. The van der Waals surface area contributed by atoms with Gasteiger partial charge in [-0.05, 0) is 37.0 Å². The van der Waals surface area contributed by atoms with Crippen molar-refractivity contribution in [1.82, 2.24) is 9.55 Å². The van der Waals surface area contributed by atoms with E-state index in [4.69, 9.17) is 0 Å². The molecule has 0 atom stereocenters. The van der Waals surface area contributed by atoms with Crippen LogP contribution in [-0.2, 0) is 6.42 Å². The summed E-state index contributed by atoms with van der Waals surface area (Å²) in [6, 6.07) is 7.63. The van der Waals surface area contributed by atoms with Crippen LogP contribution in [0.3, 0.4) is 0 Å². The van der Waals surface area contributed by atoms with Crippen molar-refractivity contribution in [2.75, 3.05) is 0 Å². The monoisotopic (exact) mass is 242 g/mol. The van der Waals surface area contributed by atoms with Crippen molar-refractivity contribution in [3.63, 3.8) is 0 Å². The zero-order valence-corrected chi connectivity index (χ0v) is 11.1. The summed E-state index contributed by atoms with van der Waals surface area (Å²) in [6.45, 7) is 6.20. The molecule has 3 nitrogen and oxygen atoms in total. The van der Waals surface area contributed by atoms with E-state index in [-0.39, 0.29) is 5.56 Å². The molecule has 0 fully saturated rings. The van der Waals surface area contributed by atoms with Gasteiger partial charge >= 0.3 is 0 Å². The fourth-order valence-corrected chi connectivity index (χ4v) is 1.92. The standard InChI is InChI=1S/C15H18N2O/c1-11(2)9-13-5-4-8-17(15(13)18)14-7-6-12(3)10-16-14/h4-8,10-11H,9H2,1-3H3. The highest BCUT2D eigenvalue weighted by Crippen LogP contribution is 2.06. The minimum absolute atomic E-state index is 0.0301. The van der Waals surface area contributed by atoms with Crippen molar-refractivity contribution >= 4 is 0 Å². The van der Waals surface area contributed by atoms with Crippen molar-refractivity contribution in [1.29, 1.82) is 0 Å². The maximum absolute atomic E-state index is 12.3. The Hall–Kier alpha value is -1.90. The molecule has 0 spiro atoms. The highest BCUT2D eigenvalue weighted by Gasteiger charge is 2.07. The van der Waals surface area contributed by atoms with Crippen LogP contribution >= 0.6 is 0 Å². The van der Waals surface area contributed by atoms with Crippen LogP contribution in [0.5, 0.6) is 0 Å². The van der Waals surface area contributed by atoms with E-state index >= 15 is 0 Å². The molecule has 2 aromatic heterocycles. The van der Waals surface area contributed by atoms with Gasteiger partial charge in [0.25, 0.3) is 5.56 Å². The van der Waals surface area contributed by atoms with Crippen LogP contribution in [0, 0.1) is 12.8 Å². The third-order valence-corrected chi connectivity index (χ3v) is 2.80.